The van der Waals surface area contributed by atoms with E-state index in [2.05, 4.69) is 0 Å². The van der Waals surface area contributed by atoms with Gasteiger partial charge >= 0.3 is 5.97 Å². The van der Waals surface area contributed by atoms with Crippen LogP contribution < -0.4 is 4.74 Å². The van der Waals surface area contributed by atoms with E-state index in [0.717, 1.165) is 16.2 Å². The van der Waals surface area contributed by atoms with Crippen molar-refractivity contribution in [2.75, 3.05) is 7.11 Å². The molecule has 2 rings (SSSR count). The molecular weight excluding hydrogens is 279 g/mol. The molecule has 3 nitrogen and oxygen atoms in total. The number of halogens is 1. The molecule has 2 aromatic carbocycles. The summed E-state index contributed by atoms with van der Waals surface area (Å²) in [6.45, 7) is 0. The topological polar surface area (TPSA) is 46.5 Å². The maximum Gasteiger partial charge on any atom is 0.338 e. The highest BCUT2D eigenvalue weighted by Crippen LogP contribution is 2.26. The van der Waals surface area contributed by atoms with Gasteiger partial charge in [-0.3, -0.25) is 0 Å². The molecule has 0 saturated carbocycles. The van der Waals surface area contributed by atoms with E-state index in [0.29, 0.717) is 5.75 Å². The maximum absolute atomic E-state index is 13.3. The van der Waals surface area contributed by atoms with E-state index < -0.39 is 11.8 Å². The van der Waals surface area contributed by atoms with E-state index >= 15 is 0 Å². The highest BCUT2D eigenvalue weighted by atomic mass is 32.2. The van der Waals surface area contributed by atoms with Gasteiger partial charge < -0.3 is 9.84 Å². The van der Waals surface area contributed by atoms with E-state index in [1.807, 2.05) is 24.3 Å². The van der Waals surface area contributed by atoms with Crippen molar-refractivity contribution in [1.29, 1.82) is 0 Å². The molecule has 0 bridgehead atoms. The lowest BCUT2D eigenvalue weighted by atomic mass is 10.1. The third-order valence-electron chi connectivity index (χ3n) is 2.71. The summed E-state index contributed by atoms with van der Waals surface area (Å²) in [7, 11) is 1.60. The second-order valence-electron chi connectivity index (χ2n) is 4.09. The first-order valence-corrected chi connectivity index (χ1v) is 6.87. The molecule has 0 aliphatic rings. The molecule has 2 aromatic rings. The Morgan fingerprint density at radius 3 is 2.80 bits per heavy atom. The van der Waals surface area contributed by atoms with Gasteiger partial charge in [-0.05, 0) is 35.9 Å². The zero-order chi connectivity index (χ0) is 14.5. The van der Waals surface area contributed by atoms with Crippen LogP contribution in [-0.4, -0.2) is 18.2 Å². The monoisotopic (exact) mass is 292 g/mol. The molecule has 0 aromatic heterocycles. The minimum atomic E-state index is -1.25. The number of thioether (sulfide) groups is 1. The van der Waals surface area contributed by atoms with E-state index in [1.165, 1.54) is 23.9 Å². The number of carbonyl (C=O) groups is 1. The number of benzene rings is 2. The van der Waals surface area contributed by atoms with Crippen molar-refractivity contribution in [3.8, 4) is 5.75 Å². The first-order valence-electron chi connectivity index (χ1n) is 5.88. The number of carboxylic acid groups (broad SMARTS) is 1. The SMILES string of the molecule is COc1cccc(SCc2ccc(F)c(C(=O)O)c2)c1. The minimum absolute atomic E-state index is 0.297. The highest BCUT2D eigenvalue weighted by Gasteiger charge is 2.10. The summed E-state index contributed by atoms with van der Waals surface area (Å²) in [4.78, 5) is 11.9. The second-order valence-corrected chi connectivity index (χ2v) is 5.14. The summed E-state index contributed by atoms with van der Waals surface area (Å²) in [5, 5.41) is 8.88. The van der Waals surface area contributed by atoms with Crippen molar-refractivity contribution in [2.24, 2.45) is 0 Å². The van der Waals surface area contributed by atoms with Gasteiger partial charge in [-0.1, -0.05) is 12.1 Å². The summed E-state index contributed by atoms with van der Waals surface area (Å²) >= 11 is 1.53. The predicted molar refractivity (Wildman–Crippen MR) is 75.9 cm³/mol. The quantitative estimate of drug-likeness (QED) is 0.851. The van der Waals surface area contributed by atoms with Gasteiger partial charge in [0.15, 0.2) is 0 Å². The van der Waals surface area contributed by atoms with Gasteiger partial charge in [0.1, 0.15) is 11.6 Å². The first-order chi connectivity index (χ1) is 9.60. The molecule has 104 valence electrons. The zero-order valence-electron chi connectivity index (χ0n) is 10.8. The fourth-order valence-corrected chi connectivity index (χ4v) is 2.57. The predicted octanol–water partition coefficient (Wildman–Crippen LogP) is 3.82. The molecule has 0 aliphatic carbocycles. The van der Waals surface area contributed by atoms with Crippen molar-refractivity contribution in [1.82, 2.24) is 0 Å². The summed E-state index contributed by atoms with van der Waals surface area (Å²) < 4.78 is 18.4. The van der Waals surface area contributed by atoms with Crippen LogP contribution in [-0.2, 0) is 5.75 Å². The third kappa shape index (κ3) is 3.51. The van der Waals surface area contributed by atoms with Crippen molar-refractivity contribution in [3.05, 3.63) is 59.4 Å². The van der Waals surface area contributed by atoms with Crippen molar-refractivity contribution < 1.29 is 19.0 Å². The average Bonchev–Trinajstić information content (AvgIpc) is 2.46. The summed E-state index contributed by atoms with van der Waals surface area (Å²) in [5.74, 6) is -0.642. The van der Waals surface area contributed by atoms with Crippen LogP contribution in [0.15, 0.2) is 47.4 Å². The Balaban J connectivity index is 2.10. The van der Waals surface area contributed by atoms with Crippen LogP contribution >= 0.6 is 11.8 Å². The average molecular weight is 292 g/mol. The molecule has 0 unspecified atom stereocenters. The fraction of sp³-hybridized carbons (Fsp3) is 0.133. The number of methoxy groups -OCH3 is 1. The summed E-state index contributed by atoms with van der Waals surface area (Å²) in [6.07, 6.45) is 0. The smallest absolute Gasteiger partial charge is 0.338 e. The lowest BCUT2D eigenvalue weighted by Crippen LogP contribution is -2.01. The molecule has 0 saturated heterocycles. The summed E-state index contributed by atoms with van der Waals surface area (Å²) in [6, 6.07) is 11.7. The van der Waals surface area contributed by atoms with Gasteiger partial charge in [0.25, 0.3) is 0 Å². The van der Waals surface area contributed by atoms with E-state index in [-0.39, 0.29) is 5.56 Å². The largest absolute Gasteiger partial charge is 0.497 e. The van der Waals surface area contributed by atoms with E-state index in [9.17, 15) is 9.18 Å². The van der Waals surface area contributed by atoms with Gasteiger partial charge in [-0.15, -0.1) is 11.8 Å². The lowest BCUT2D eigenvalue weighted by Gasteiger charge is -2.06. The van der Waals surface area contributed by atoms with Gasteiger partial charge in [0.05, 0.1) is 12.7 Å². The molecular formula is C15H13FO3S. The molecule has 5 heteroatoms. The van der Waals surface area contributed by atoms with Crippen LogP contribution in [0.3, 0.4) is 0 Å². The highest BCUT2D eigenvalue weighted by molar-refractivity contribution is 7.98. The molecule has 0 aliphatic heterocycles. The Labute approximate surface area is 120 Å². The molecule has 0 amide bonds. The van der Waals surface area contributed by atoms with E-state index in [1.54, 1.807) is 13.2 Å². The number of aromatic carboxylic acids is 1. The Hall–Kier alpha value is -2.01. The number of carboxylic acids is 1. The van der Waals surface area contributed by atoms with Crippen molar-refractivity contribution >= 4 is 17.7 Å². The van der Waals surface area contributed by atoms with Crippen LogP contribution in [0, 0.1) is 5.82 Å². The lowest BCUT2D eigenvalue weighted by molar-refractivity contribution is 0.0692. The van der Waals surface area contributed by atoms with Crippen LogP contribution in [0.5, 0.6) is 5.75 Å². The zero-order valence-corrected chi connectivity index (χ0v) is 11.6. The molecule has 1 N–H and O–H groups in total. The molecule has 0 spiro atoms. The standard InChI is InChI=1S/C15H13FO3S/c1-19-11-3-2-4-12(8-11)20-9-10-5-6-14(16)13(7-10)15(17)18/h2-8H,9H2,1H3,(H,17,18). The Kier molecular flexibility index (Phi) is 4.63. The molecule has 0 heterocycles. The normalized spacial score (nSPS) is 10.3. The Bertz CT molecular complexity index is 628. The van der Waals surface area contributed by atoms with Gasteiger partial charge in [0.2, 0.25) is 0 Å². The number of rotatable bonds is 5. The second kappa shape index (κ2) is 6.43. The van der Waals surface area contributed by atoms with Crippen molar-refractivity contribution in [3.63, 3.8) is 0 Å². The van der Waals surface area contributed by atoms with Gasteiger partial charge in [-0.2, -0.15) is 0 Å². The number of ether oxygens (including phenoxy) is 1. The fourth-order valence-electron chi connectivity index (χ4n) is 1.68. The van der Waals surface area contributed by atoms with Crippen LogP contribution in [0.4, 0.5) is 4.39 Å². The Morgan fingerprint density at radius 1 is 1.30 bits per heavy atom. The number of hydrogen-bond donors (Lipinski definition) is 1. The van der Waals surface area contributed by atoms with Gasteiger partial charge in [-0.25, -0.2) is 9.18 Å². The molecule has 0 radical (unpaired) electrons. The maximum atomic E-state index is 13.3. The molecule has 20 heavy (non-hydrogen) atoms. The summed E-state index contributed by atoms with van der Waals surface area (Å²) in [5.41, 5.74) is 0.463. The van der Waals surface area contributed by atoms with Crippen molar-refractivity contribution in [2.45, 2.75) is 10.6 Å². The van der Waals surface area contributed by atoms with Gasteiger partial charge in [0, 0.05) is 10.6 Å². The number of hydrogen-bond acceptors (Lipinski definition) is 3. The van der Waals surface area contributed by atoms with E-state index in [4.69, 9.17) is 9.84 Å². The Morgan fingerprint density at radius 2 is 2.10 bits per heavy atom. The minimum Gasteiger partial charge on any atom is -0.497 e. The molecule has 0 atom stereocenters. The van der Waals surface area contributed by atoms with Crippen LogP contribution in [0.2, 0.25) is 0 Å². The van der Waals surface area contributed by atoms with Crippen LogP contribution in [0.1, 0.15) is 15.9 Å². The molecule has 0 fully saturated rings. The third-order valence-corrected chi connectivity index (χ3v) is 3.77. The first kappa shape index (κ1) is 14.4. The van der Waals surface area contributed by atoms with Crippen LogP contribution in [0.25, 0.3) is 0 Å².